The number of nitrogens with zero attached hydrogens (tertiary/aromatic N) is 1. The number of benzene rings is 1. The first-order valence-electron chi connectivity index (χ1n) is 6.36. The SMILES string of the molecule is N#CCC1(COc2c(Cl)cc(Cl)cc2C=CC(=O)O)CC1. The second-order valence-corrected chi connectivity index (χ2v) is 5.94. The second-order valence-electron chi connectivity index (χ2n) is 5.10. The maximum Gasteiger partial charge on any atom is 0.328 e. The zero-order valence-corrected chi connectivity index (χ0v) is 12.6. The molecule has 0 atom stereocenters. The van der Waals surface area contributed by atoms with Gasteiger partial charge < -0.3 is 9.84 Å². The first-order chi connectivity index (χ1) is 9.96. The summed E-state index contributed by atoms with van der Waals surface area (Å²) in [6.45, 7) is 0.385. The minimum Gasteiger partial charge on any atom is -0.491 e. The molecule has 0 spiro atoms. The molecular weight excluding hydrogens is 313 g/mol. The molecule has 6 heteroatoms. The van der Waals surface area contributed by atoms with Crippen molar-refractivity contribution >= 4 is 35.2 Å². The molecule has 1 aliphatic rings. The molecule has 1 fully saturated rings. The van der Waals surface area contributed by atoms with Gasteiger partial charge in [0.1, 0.15) is 5.75 Å². The fourth-order valence-corrected chi connectivity index (χ4v) is 2.52. The molecule has 110 valence electrons. The molecule has 1 aliphatic carbocycles. The lowest BCUT2D eigenvalue weighted by molar-refractivity contribution is -0.131. The number of ether oxygens (including phenoxy) is 1. The van der Waals surface area contributed by atoms with Crippen LogP contribution in [0.3, 0.4) is 0 Å². The van der Waals surface area contributed by atoms with Crippen LogP contribution in [0.5, 0.6) is 5.75 Å². The molecule has 0 aromatic heterocycles. The summed E-state index contributed by atoms with van der Waals surface area (Å²) >= 11 is 12.0. The molecular formula is C15H13Cl2NO3. The Kier molecular flexibility index (Phi) is 4.76. The Bertz CT molecular complexity index is 631. The summed E-state index contributed by atoms with van der Waals surface area (Å²) in [4.78, 5) is 10.6. The maximum absolute atomic E-state index is 10.6. The standard InChI is InChI=1S/C15H13Cl2NO3/c16-11-7-10(1-2-13(19)20)14(12(17)8-11)21-9-15(3-4-15)5-6-18/h1-2,7-8H,3-5,9H2,(H,19,20). The highest BCUT2D eigenvalue weighted by molar-refractivity contribution is 6.35. The van der Waals surface area contributed by atoms with Crippen molar-refractivity contribution in [1.29, 1.82) is 5.26 Å². The molecule has 0 unspecified atom stereocenters. The van der Waals surface area contributed by atoms with E-state index in [1.165, 1.54) is 6.08 Å². The lowest BCUT2D eigenvalue weighted by Gasteiger charge is -2.16. The highest BCUT2D eigenvalue weighted by atomic mass is 35.5. The van der Waals surface area contributed by atoms with Crippen molar-refractivity contribution in [2.75, 3.05) is 6.61 Å². The molecule has 21 heavy (non-hydrogen) atoms. The Balaban J connectivity index is 2.21. The number of nitriles is 1. The monoisotopic (exact) mass is 325 g/mol. The second kappa shape index (κ2) is 6.38. The third kappa shape index (κ3) is 4.13. The van der Waals surface area contributed by atoms with Crippen LogP contribution >= 0.6 is 23.2 Å². The molecule has 0 saturated heterocycles. The largest absolute Gasteiger partial charge is 0.491 e. The third-order valence-corrected chi connectivity index (χ3v) is 3.88. The van der Waals surface area contributed by atoms with Gasteiger partial charge in [0.05, 0.1) is 17.7 Å². The molecule has 2 rings (SSSR count). The quantitative estimate of drug-likeness (QED) is 0.797. The van der Waals surface area contributed by atoms with E-state index >= 15 is 0 Å². The Morgan fingerprint density at radius 3 is 2.76 bits per heavy atom. The van der Waals surface area contributed by atoms with Crippen LogP contribution in [0.15, 0.2) is 18.2 Å². The summed E-state index contributed by atoms with van der Waals surface area (Å²) < 4.78 is 5.75. The summed E-state index contributed by atoms with van der Waals surface area (Å²) in [5.74, 6) is -0.678. The number of aliphatic carboxylic acids is 1. The van der Waals surface area contributed by atoms with Crippen molar-refractivity contribution in [2.45, 2.75) is 19.3 Å². The van der Waals surface area contributed by atoms with E-state index in [0.29, 0.717) is 34.4 Å². The van der Waals surface area contributed by atoms with E-state index in [4.69, 9.17) is 38.3 Å². The fourth-order valence-electron chi connectivity index (χ4n) is 1.96. The van der Waals surface area contributed by atoms with Gasteiger partial charge in [-0.05, 0) is 31.1 Å². The molecule has 1 N–H and O–H groups in total. The Hall–Kier alpha value is -1.70. The predicted molar refractivity (Wildman–Crippen MR) is 80.5 cm³/mol. The van der Waals surface area contributed by atoms with Crippen LogP contribution in [0.25, 0.3) is 6.08 Å². The van der Waals surface area contributed by atoms with Gasteiger partial charge in [0.2, 0.25) is 0 Å². The van der Waals surface area contributed by atoms with Gasteiger partial charge in [0, 0.05) is 28.5 Å². The van der Waals surface area contributed by atoms with E-state index in [0.717, 1.165) is 18.9 Å². The van der Waals surface area contributed by atoms with Gasteiger partial charge in [0.25, 0.3) is 0 Å². The molecule has 1 saturated carbocycles. The molecule has 0 aliphatic heterocycles. The number of hydrogen-bond donors (Lipinski definition) is 1. The van der Waals surface area contributed by atoms with Crippen molar-refractivity contribution in [1.82, 2.24) is 0 Å². The van der Waals surface area contributed by atoms with Gasteiger partial charge in [-0.1, -0.05) is 23.2 Å². The Labute approximate surface area is 132 Å². The van der Waals surface area contributed by atoms with Crippen LogP contribution in [0, 0.1) is 16.7 Å². The van der Waals surface area contributed by atoms with Crippen molar-refractivity contribution in [3.8, 4) is 11.8 Å². The van der Waals surface area contributed by atoms with E-state index in [-0.39, 0.29) is 5.41 Å². The van der Waals surface area contributed by atoms with Crippen molar-refractivity contribution < 1.29 is 14.6 Å². The van der Waals surface area contributed by atoms with Gasteiger partial charge in [-0.3, -0.25) is 0 Å². The molecule has 0 amide bonds. The van der Waals surface area contributed by atoms with Crippen molar-refractivity contribution in [3.05, 3.63) is 33.8 Å². The zero-order chi connectivity index (χ0) is 15.5. The first kappa shape index (κ1) is 15.7. The smallest absolute Gasteiger partial charge is 0.328 e. The van der Waals surface area contributed by atoms with Crippen LogP contribution in [0.4, 0.5) is 0 Å². The van der Waals surface area contributed by atoms with E-state index in [1.54, 1.807) is 12.1 Å². The third-order valence-electron chi connectivity index (χ3n) is 3.38. The zero-order valence-electron chi connectivity index (χ0n) is 11.1. The lowest BCUT2D eigenvalue weighted by atomic mass is 10.1. The minimum absolute atomic E-state index is 0.0918. The number of carboxylic acids is 1. The first-order valence-corrected chi connectivity index (χ1v) is 7.11. The lowest BCUT2D eigenvalue weighted by Crippen LogP contribution is -2.13. The number of carbonyl (C=O) groups is 1. The topological polar surface area (TPSA) is 70.3 Å². The van der Waals surface area contributed by atoms with Gasteiger partial charge in [-0.25, -0.2) is 4.79 Å². The normalized spacial score (nSPS) is 15.7. The van der Waals surface area contributed by atoms with Gasteiger partial charge in [-0.15, -0.1) is 0 Å². The van der Waals surface area contributed by atoms with E-state index in [2.05, 4.69) is 6.07 Å². The summed E-state index contributed by atoms with van der Waals surface area (Å²) in [6, 6.07) is 5.29. The molecule has 1 aromatic carbocycles. The maximum atomic E-state index is 10.6. The number of rotatable bonds is 6. The van der Waals surface area contributed by atoms with E-state index < -0.39 is 5.97 Å². The van der Waals surface area contributed by atoms with Gasteiger partial charge >= 0.3 is 5.97 Å². The van der Waals surface area contributed by atoms with Crippen LogP contribution in [-0.4, -0.2) is 17.7 Å². The summed E-state index contributed by atoms with van der Waals surface area (Å²) in [5, 5.41) is 18.2. The predicted octanol–water partition coefficient (Wildman–Crippen LogP) is 4.16. The highest BCUT2D eigenvalue weighted by Crippen LogP contribution is 2.49. The molecule has 4 nitrogen and oxygen atoms in total. The number of halogens is 2. The summed E-state index contributed by atoms with van der Waals surface area (Å²) in [6.07, 6.45) is 4.73. The molecule has 1 aromatic rings. The van der Waals surface area contributed by atoms with E-state index in [9.17, 15) is 4.79 Å². The fraction of sp³-hybridized carbons (Fsp3) is 0.333. The van der Waals surface area contributed by atoms with Crippen LogP contribution < -0.4 is 4.74 Å². The Morgan fingerprint density at radius 2 is 2.19 bits per heavy atom. The van der Waals surface area contributed by atoms with Gasteiger partial charge in [0.15, 0.2) is 0 Å². The number of carboxylic acid groups (broad SMARTS) is 1. The van der Waals surface area contributed by atoms with Gasteiger partial charge in [-0.2, -0.15) is 5.26 Å². The van der Waals surface area contributed by atoms with Crippen molar-refractivity contribution in [3.63, 3.8) is 0 Å². The van der Waals surface area contributed by atoms with Crippen LogP contribution in [0.2, 0.25) is 10.0 Å². The molecule has 0 radical (unpaired) electrons. The molecule has 0 bridgehead atoms. The van der Waals surface area contributed by atoms with Crippen LogP contribution in [-0.2, 0) is 4.79 Å². The van der Waals surface area contributed by atoms with Crippen LogP contribution in [0.1, 0.15) is 24.8 Å². The summed E-state index contributed by atoms with van der Waals surface area (Å²) in [5.41, 5.74) is 0.411. The summed E-state index contributed by atoms with van der Waals surface area (Å²) in [7, 11) is 0. The average Bonchev–Trinajstić information content (AvgIpc) is 3.15. The Morgan fingerprint density at radius 1 is 1.48 bits per heavy atom. The number of hydrogen-bond acceptors (Lipinski definition) is 3. The van der Waals surface area contributed by atoms with Crippen molar-refractivity contribution in [2.24, 2.45) is 5.41 Å². The minimum atomic E-state index is -1.07. The molecule has 0 heterocycles. The highest BCUT2D eigenvalue weighted by Gasteiger charge is 2.43. The van der Waals surface area contributed by atoms with E-state index in [1.807, 2.05) is 0 Å². The average molecular weight is 326 g/mol.